The van der Waals surface area contributed by atoms with Crippen LogP contribution in [0.25, 0.3) is 0 Å². The minimum atomic E-state index is 0.0417. The topological polar surface area (TPSA) is 20.1 Å². The van der Waals surface area contributed by atoms with E-state index < -0.39 is 0 Å². The van der Waals surface area contributed by atoms with E-state index in [0.717, 1.165) is 6.54 Å². The van der Waals surface area contributed by atoms with Gasteiger partial charge >= 0.3 is 0 Å². The first-order chi connectivity index (χ1) is 4.08. The fraction of sp³-hybridized carbons (Fsp3) is 0.571. The summed E-state index contributed by atoms with van der Waals surface area (Å²) < 4.78 is 0. The number of amides is 1. The fourth-order valence-corrected chi connectivity index (χ4v) is 0.838. The maximum absolute atomic E-state index is 10.8. The Morgan fingerprint density at radius 1 is 1.78 bits per heavy atom. The smallest absolute Gasteiger partial charge is 0.246 e. The molecule has 2 nitrogen and oxygen atoms in total. The van der Waals surface area contributed by atoms with Crippen molar-refractivity contribution in [1.82, 2.24) is 4.90 Å². The van der Waals surface area contributed by atoms with Gasteiger partial charge in [-0.25, -0.2) is 0 Å². The first kappa shape index (κ1) is 6.33. The quantitative estimate of drug-likeness (QED) is 0.375. The van der Waals surface area contributed by atoms with Crippen LogP contribution in [0.3, 0.4) is 0 Å². The first-order valence-electron chi connectivity index (χ1n) is 3.02. The summed E-state index contributed by atoms with van der Waals surface area (Å²) in [5, 5.41) is 0. The van der Waals surface area contributed by atoms with Crippen molar-refractivity contribution in [3.63, 3.8) is 0 Å². The minimum Gasteiger partial charge on any atom is -0.330 e. The van der Waals surface area contributed by atoms with E-state index in [1.807, 2.05) is 13.8 Å². The van der Waals surface area contributed by atoms with Crippen LogP contribution in [-0.2, 0) is 4.79 Å². The van der Waals surface area contributed by atoms with Crippen LogP contribution in [0.5, 0.6) is 0 Å². The van der Waals surface area contributed by atoms with Crippen LogP contribution < -0.4 is 0 Å². The Balaban J connectivity index is 2.52. The maximum Gasteiger partial charge on any atom is 0.246 e. The highest BCUT2D eigenvalue weighted by Crippen LogP contribution is 2.30. The van der Waals surface area contributed by atoms with Gasteiger partial charge in [-0.05, 0) is 19.9 Å². The second kappa shape index (κ2) is 1.59. The molecule has 0 spiro atoms. The third-order valence-corrected chi connectivity index (χ3v) is 1.61. The monoisotopic (exact) mass is 125 g/mol. The Morgan fingerprint density at radius 2 is 2.22 bits per heavy atom. The summed E-state index contributed by atoms with van der Waals surface area (Å²) >= 11 is 0. The van der Waals surface area contributed by atoms with Crippen LogP contribution in [0.15, 0.2) is 12.7 Å². The second-order valence-corrected chi connectivity index (χ2v) is 2.94. The van der Waals surface area contributed by atoms with Crippen LogP contribution in [-0.4, -0.2) is 22.9 Å². The Bertz CT molecular complexity index is 160. The van der Waals surface area contributed by atoms with Gasteiger partial charge in [0.05, 0.1) is 5.54 Å². The van der Waals surface area contributed by atoms with Gasteiger partial charge in [-0.3, -0.25) is 4.79 Å². The summed E-state index contributed by atoms with van der Waals surface area (Å²) in [4.78, 5) is 12.6. The van der Waals surface area contributed by atoms with Crippen molar-refractivity contribution in [3.8, 4) is 0 Å². The summed E-state index contributed by atoms with van der Waals surface area (Å²) in [7, 11) is 0. The molecule has 0 radical (unpaired) electrons. The number of rotatable bonds is 1. The van der Waals surface area contributed by atoms with Gasteiger partial charge < -0.3 is 4.90 Å². The molecule has 1 amide bonds. The molecule has 0 bridgehead atoms. The van der Waals surface area contributed by atoms with Gasteiger partial charge in [0.15, 0.2) is 0 Å². The van der Waals surface area contributed by atoms with E-state index in [2.05, 4.69) is 6.58 Å². The number of hydrogen-bond donors (Lipinski definition) is 0. The lowest BCUT2D eigenvalue weighted by Gasteiger charge is -2.01. The van der Waals surface area contributed by atoms with Crippen LogP contribution in [0, 0.1) is 0 Å². The number of hydrogen-bond acceptors (Lipinski definition) is 1. The summed E-state index contributed by atoms with van der Waals surface area (Å²) in [6.45, 7) is 8.34. The van der Waals surface area contributed by atoms with Crippen molar-refractivity contribution in [2.75, 3.05) is 6.54 Å². The first-order valence-corrected chi connectivity index (χ1v) is 3.02. The average Bonchev–Trinajstić information content (AvgIpc) is 2.38. The van der Waals surface area contributed by atoms with Gasteiger partial charge in [0.2, 0.25) is 5.91 Å². The lowest BCUT2D eigenvalue weighted by molar-refractivity contribution is -0.121. The molecule has 1 fully saturated rings. The molecule has 0 saturated carbocycles. The summed E-state index contributed by atoms with van der Waals surface area (Å²) in [5.41, 5.74) is 0.102. The maximum atomic E-state index is 10.8. The van der Waals surface area contributed by atoms with Crippen molar-refractivity contribution >= 4 is 5.91 Å². The van der Waals surface area contributed by atoms with Gasteiger partial charge in [0, 0.05) is 6.54 Å². The Hall–Kier alpha value is -0.790. The highest BCUT2D eigenvalue weighted by molar-refractivity contribution is 5.89. The number of carbonyl (C=O) groups is 1. The van der Waals surface area contributed by atoms with E-state index in [4.69, 9.17) is 0 Å². The normalized spacial score (nSPS) is 21.3. The average molecular weight is 125 g/mol. The van der Waals surface area contributed by atoms with E-state index in [1.54, 1.807) is 4.90 Å². The summed E-state index contributed by atoms with van der Waals surface area (Å²) in [5.74, 6) is 0.0417. The summed E-state index contributed by atoms with van der Waals surface area (Å²) in [6, 6.07) is 0. The molecule has 2 heteroatoms. The largest absolute Gasteiger partial charge is 0.330 e. The minimum absolute atomic E-state index is 0.0417. The molecule has 1 heterocycles. The molecule has 0 aromatic rings. The zero-order chi connectivity index (χ0) is 7.07. The van der Waals surface area contributed by atoms with Crippen molar-refractivity contribution in [3.05, 3.63) is 12.7 Å². The number of carbonyl (C=O) groups excluding carboxylic acids is 1. The molecule has 1 rings (SSSR count). The van der Waals surface area contributed by atoms with Gasteiger partial charge in [-0.15, -0.1) is 0 Å². The molecule has 0 atom stereocenters. The van der Waals surface area contributed by atoms with E-state index in [0.29, 0.717) is 0 Å². The predicted molar refractivity (Wildman–Crippen MR) is 36.0 cm³/mol. The van der Waals surface area contributed by atoms with E-state index >= 15 is 0 Å². The van der Waals surface area contributed by atoms with Gasteiger partial charge in [0.25, 0.3) is 0 Å². The Kier molecular flexibility index (Phi) is 1.12. The molecule has 9 heavy (non-hydrogen) atoms. The van der Waals surface area contributed by atoms with Crippen molar-refractivity contribution in [1.29, 1.82) is 0 Å². The SMILES string of the molecule is C=CC(=O)N1CC1(C)C. The van der Waals surface area contributed by atoms with Gasteiger partial charge in [-0.2, -0.15) is 0 Å². The second-order valence-electron chi connectivity index (χ2n) is 2.94. The van der Waals surface area contributed by atoms with Gasteiger partial charge in [-0.1, -0.05) is 6.58 Å². The zero-order valence-corrected chi connectivity index (χ0v) is 5.85. The van der Waals surface area contributed by atoms with Crippen molar-refractivity contribution in [2.24, 2.45) is 0 Å². The van der Waals surface area contributed by atoms with Crippen LogP contribution in [0.1, 0.15) is 13.8 Å². The Morgan fingerprint density at radius 3 is 2.33 bits per heavy atom. The van der Waals surface area contributed by atoms with Crippen LogP contribution in [0.2, 0.25) is 0 Å². The molecule has 0 aliphatic carbocycles. The van der Waals surface area contributed by atoms with Crippen molar-refractivity contribution < 1.29 is 4.79 Å². The molecule has 1 aliphatic heterocycles. The van der Waals surface area contributed by atoms with Crippen LogP contribution >= 0.6 is 0 Å². The molecule has 0 unspecified atom stereocenters. The van der Waals surface area contributed by atoms with Gasteiger partial charge in [0.1, 0.15) is 0 Å². The fourth-order valence-electron chi connectivity index (χ4n) is 0.838. The molecule has 1 saturated heterocycles. The lowest BCUT2D eigenvalue weighted by atomic mass is 10.2. The molecular formula is C7H11NO. The molecule has 1 aliphatic rings. The highest BCUT2D eigenvalue weighted by Gasteiger charge is 2.45. The molecule has 0 aromatic carbocycles. The van der Waals surface area contributed by atoms with E-state index in [-0.39, 0.29) is 11.4 Å². The molecule has 0 aromatic heterocycles. The van der Waals surface area contributed by atoms with Crippen molar-refractivity contribution in [2.45, 2.75) is 19.4 Å². The Labute approximate surface area is 55.2 Å². The highest BCUT2D eigenvalue weighted by atomic mass is 16.2. The lowest BCUT2D eigenvalue weighted by Crippen LogP contribution is -2.14. The van der Waals surface area contributed by atoms with E-state index in [1.165, 1.54) is 6.08 Å². The predicted octanol–water partition coefficient (Wildman–Crippen LogP) is 0.793. The molecular weight excluding hydrogens is 114 g/mol. The number of nitrogens with zero attached hydrogens (tertiary/aromatic N) is 1. The third kappa shape index (κ3) is 0.969. The molecule has 50 valence electrons. The standard InChI is InChI=1S/C7H11NO/c1-4-6(9)8-5-7(8,2)3/h4H,1,5H2,2-3H3. The van der Waals surface area contributed by atoms with Crippen LogP contribution in [0.4, 0.5) is 0 Å². The zero-order valence-electron chi connectivity index (χ0n) is 5.85. The third-order valence-electron chi connectivity index (χ3n) is 1.61. The molecule has 0 N–H and O–H groups in total. The summed E-state index contributed by atoms with van der Waals surface area (Å²) in [6.07, 6.45) is 1.36. The van der Waals surface area contributed by atoms with E-state index in [9.17, 15) is 4.79 Å².